The van der Waals surface area contributed by atoms with Crippen molar-refractivity contribution in [1.82, 2.24) is 4.58 Å². The first-order valence-corrected chi connectivity index (χ1v) is 12.4. The zero-order valence-electron chi connectivity index (χ0n) is 22.0. The van der Waals surface area contributed by atoms with Gasteiger partial charge in [0.05, 0.1) is 17.2 Å². The van der Waals surface area contributed by atoms with Gasteiger partial charge >= 0.3 is 11.9 Å². The Hall–Kier alpha value is -4.79. The van der Waals surface area contributed by atoms with Gasteiger partial charge in [0.1, 0.15) is 25.4 Å². The molecule has 3 aliphatic rings. The van der Waals surface area contributed by atoms with Crippen LogP contribution in [0.3, 0.4) is 0 Å². The van der Waals surface area contributed by atoms with Crippen LogP contribution in [0.4, 0.5) is 5.69 Å². The molecule has 1 N–H and O–H groups in total. The quantitative estimate of drug-likeness (QED) is 0.182. The second kappa shape index (κ2) is 9.83. The first kappa shape index (κ1) is 25.8. The van der Waals surface area contributed by atoms with E-state index in [0.717, 1.165) is 11.0 Å². The van der Waals surface area contributed by atoms with Crippen LogP contribution < -0.4 is 14.8 Å². The number of hydrogen-bond acceptors (Lipinski definition) is 7. The van der Waals surface area contributed by atoms with Crippen molar-refractivity contribution in [3.05, 3.63) is 71.1 Å². The normalized spacial score (nSPS) is 13.7. The van der Waals surface area contributed by atoms with Gasteiger partial charge in [-0.2, -0.15) is 0 Å². The monoisotopic (exact) mass is 527 g/mol. The minimum absolute atomic E-state index is 0.0282. The molecule has 2 aliphatic carbocycles. The highest BCUT2D eigenvalue weighted by Crippen LogP contribution is 2.42. The lowest BCUT2D eigenvalue weighted by Gasteiger charge is -2.19. The van der Waals surface area contributed by atoms with Crippen molar-refractivity contribution < 1.29 is 33.4 Å². The van der Waals surface area contributed by atoms with Crippen LogP contribution in [0, 0.1) is 0 Å². The Labute approximate surface area is 223 Å². The Morgan fingerprint density at radius 3 is 2.28 bits per heavy atom. The molecular weight excluding hydrogens is 500 g/mol. The Bertz CT molecular complexity index is 1710. The number of benzene rings is 3. The molecule has 0 unspecified atom stereocenters. The SMILES string of the molecule is CN(C)c1ccc2c(-c3ccc(C(=O)OC4C(=O)CCC4=O)cc3C(=O)O)c3ccc(=[N+](C)C)cc-3oc2c1. The molecule has 0 spiro atoms. The molecule has 9 nitrogen and oxygen atoms in total. The fourth-order valence-corrected chi connectivity index (χ4v) is 4.77. The minimum Gasteiger partial charge on any atom is -0.478 e. The summed E-state index contributed by atoms with van der Waals surface area (Å²) in [4.78, 5) is 51.1. The molecule has 0 atom stereocenters. The third kappa shape index (κ3) is 4.67. The number of carbonyl (C=O) groups is 4. The summed E-state index contributed by atoms with van der Waals surface area (Å²) < 4.78 is 13.4. The Morgan fingerprint density at radius 1 is 0.949 bits per heavy atom. The number of anilines is 1. The van der Waals surface area contributed by atoms with Gasteiger partial charge < -0.3 is 19.2 Å². The van der Waals surface area contributed by atoms with Gasteiger partial charge in [0.25, 0.3) is 0 Å². The Kier molecular flexibility index (Phi) is 6.51. The van der Waals surface area contributed by atoms with Gasteiger partial charge in [-0.15, -0.1) is 0 Å². The number of ether oxygens (including phenoxy) is 1. The summed E-state index contributed by atoms with van der Waals surface area (Å²) in [6.45, 7) is 0. The van der Waals surface area contributed by atoms with Crippen LogP contribution in [-0.4, -0.2) is 62.9 Å². The highest BCUT2D eigenvalue weighted by molar-refractivity contribution is 6.13. The highest BCUT2D eigenvalue weighted by Gasteiger charge is 2.36. The summed E-state index contributed by atoms with van der Waals surface area (Å²) in [6, 6.07) is 15.6. The van der Waals surface area contributed by atoms with E-state index in [1.807, 2.05) is 74.1 Å². The standard InChI is InChI=1S/C30H26N2O7/c1-31(2)17-6-9-20-25(14-17)38-26-15-18(32(3)4)7-10-21(26)27(20)19-8-5-16(13-22(19)29(35)36)30(37)39-28-23(33)11-12-24(28)34/h5-10,13-15,28H,11-12H2,1-4H3/p+1. The van der Waals surface area contributed by atoms with Gasteiger partial charge in [-0.05, 0) is 35.9 Å². The zero-order valence-corrected chi connectivity index (χ0v) is 22.0. The average Bonchev–Trinajstić information content (AvgIpc) is 3.22. The van der Waals surface area contributed by atoms with Crippen molar-refractivity contribution in [2.24, 2.45) is 0 Å². The molecule has 0 aromatic heterocycles. The first-order valence-electron chi connectivity index (χ1n) is 12.4. The number of aromatic carboxylic acids is 1. The molecule has 5 rings (SSSR count). The number of carboxylic acid groups (broad SMARTS) is 1. The molecule has 0 amide bonds. The van der Waals surface area contributed by atoms with Crippen molar-refractivity contribution in [2.45, 2.75) is 18.9 Å². The largest absolute Gasteiger partial charge is 0.478 e. The number of fused-ring (bicyclic) bond motifs is 2. The minimum atomic E-state index is -1.44. The molecule has 2 aromatic rings. The summed E-state index contributed by atoms with van der Waals surface area (Å²) in [6.07, 6.45) is -1.38. The van der Waals surface area contributed by atoms with E-state index >= 15 is 0 Å². The molecule has 0 bridgehead atoms. The third-order valence-electron chi connectivity index (χ3n) is 6.90. The summed E-state index contributed by atoms with van der Waals surface area (Å²) in [7, 11) is 7.67. The van der Waals surface area contributed by atoms with Crippen LogP contribution in [0.15, 0.2) is 59.0 Å². The zero-order chi connectivity index (χ0) is 28.0. The molecule has 2 aromatic carbocycles. The lowest BCUT2D eigenvalue weighted by molar-refractivity contribution is -0.133. The van der Waals surface area contributed by atoms with Crippen LogP contribution in [0.1, 0.15) is 33.6 Å². The number of Topliss-reactive ketones (excluding diaryl/α,β-unsaturated/α-hetero) is 2. The Balaban J connectivity index is 1.72. The molecule has 0 radical (unpaired) electrons. The molecule has 39 heavy (non-hydrogen) atoms. The van der Waals surface area contributed by atoms with Gasteiger partial charge in [-0.25, -0.2) is 14.2 Å². The van der Waals surface area contributed by atoms with Gasteiger partial charge in [-0.3, -0.25) is 9.59 Å². The van der Waals surface area contributed by atoms with Crippen molar-refractivity contribution in [1.29, 1.82) is 0 Å². The fraction of sp³-hybridized carbons (Fsp3) is 0.233. The fourth-order valence-electron chi connectivity index (χ4n) is 4.77. The summed E-state index contributed by atoms with van der Waals surface area (Å²) in [5.41, 5.74) is 3.00. The van der Waals surface area contributed by atoms with Crippen LogP contribution in [0.2, 0.25) is 0 Å². The second-order valence-corrected chi connectivity index (χ2v) is 9.91. The second-order valence-electron chi connectivity index (χ2n) is 9.91. The maximum absolute atomic E-state index is 12.8. The molecule has 1 heterocycles. The molecule has 198 valence electrons. The van der Waals surface area contributed by atoms with E-state index in [2.05, 4.69) is 0 Å². The summed E-state index contributed by atoms with van der Waals surface area (Å²) in [5.74, 6) is -2.52. The van der Waals surface area contributed by atoms with E-state index in [9.17, 15) is 24.3 Å². The molecule has 1 fully saturated rings. The molecular formula is C30H27N2O7+. The van der Waals surface area contributed by atoms with E-state index in [1.54, 1.807) is 6.07 Å². The molecule has 0 saturated heterocycles. The van der Waals surface area contributed by atoms with E-state index < -0.39 is 29.6 Å². The number of hydrogen-bond donors (Lipinski definition) is 1. The number of carbonyl (C=O) groups excluding carboxylic acids is 3. The van der Waals surface area contributed by atoms with E-state index in [4.69, 9.17) is 9.15 Å². The maximum atomic E-state index is 12.8. The third-order valence-corrected chi connectivity index (χ3v) is 6.90. The van der Waals surface area contributed by atoms with Crippen molar-refractivity contribution in [3.8, 4) is 22.5 Å². The van der Waals surface area contributed by atoms with Crippen molar-refractivity contribution in [3.63, 3.8) is 0 Å². The topological polar surface area (TPSA) is 117 Å². The van der Waals surface area contributed by atoms with Crippen molar-refractivity contribution >= 4 is 40.2 Å². The molecule has 1 aliphatic heterocycles. The molecule has 9 heteroatoms. The Morgan fingerprint density at radius 2 is 1.64 bits per heavy atom. The van der Waals surface area contributed by atoms with Gasteiger partial charge in [0, 0.05) is 61.3 Å². The summed E-state index contributed by atoms with van der Waals surface area (Å²) >= 11 is 0. The van der Waals surface area contributed by atoms with Crippen LogP contribution in [0.25, 0.3) is 33.4 Å². The number of ketones is 2. The smallest absolute Gasteiger partial charge is 0.339 e. The van der Waals surface area contributed by atoms with Crippen LogP contribution in [-0.2, 0) is 14.3 Å². The lowest BCUT2D eigenvalue weighted by Crippen LogP contribution is -2.28. The van der Waals surface area contributed by atoms with E-state index in [1.165, 1.54) is 12.1 Å². The van der Waals surface area contributed by atoms with Gasteiger partial charge in [-0.1, -0.05) is 6.07 Å². The van der Waals surface area contributed by atoms with Gasteiger partial charge in [0.15, 0.2) is 11.6 Å². The predicted molar refractivity (Wildman–Crippen MR) is 145 cm³/mol. The number of carboxylic acids is 1. The first-order chi connectivity index (χ1) is 18.5. The highest BCUT2D eigenvalue weighted by atomic mass is 16.6. The summed E-state index contributed by atoms with van der Waals surface area (Å²) in [5, 5.41) is 11.8. The number of nitrogens with zero attached hydrogens (tertiary/aromatic N) is 2. The predicted octanol–water partition coefficient (Wildman–Crippen LogP) is 3.46. The number of rotatable bonds is 5. The van der Waals surface area contributed by atoms with E-state index in [-0.39, 0.29) is 24.0 Å². The number of esters is 1. The van der Waals surface area contributed by atoms with E-state index in [0.29, 0.717) is 33.4 Å². The molecule has 1 saturated carbocycles. The average molecular weight is 528 g/mol. The lowest BCUT2D eigenvalue weighted by atomic mass is 9.89. The van der Waals surface area contributed by atoms with Crippen LogP contribution in [0.5, 0.6) is 0 Å². The van der Waals surface area contributed by atoms with Gasteiger partial charge in [0.2, 0.25) is 11.5 Å². The van der Waals surface area contributed by atoms with Crippen molar-refractivity contribution in [2.75, 3.05) is 33.1 Å². The van der Waals surface area contributed by atoms with Crippen LogP contribution >= 0.6 is 0 Å². The maximum Gasteiger partial charge on any atom is 0.339 e.